The first kappa shape index (κ1) is 18.5. The zero-order valence-electron chi connectivity index (χ0n) is 13.8. The summed E-state index contributed by atoms with van der Waals surface area (Å²) in [5.41, 5.74) is 0.827. The minimum atomic E-state index is -0.891. The first-order valence-corrected chi connectivity index (χ1v) is 7.71. The van der Waals surface area contributed by atoms with E-state index < -0.39 is 35.7 Å². The van der Waals surface area contributed by atoms with Crippen LogP contribution >= 0.6 is 0 Å². The van der Waals surface area contributed by atoms with Crippen LogP contribution in [0.25, 0.3) is 0 Å². The summed E-state index contributed by atoms with van der Waals surface area (Å²) in [7, 11) is 1.39. The molecule has 0 aromatic heterocycles. The van der Waals surface area contributed by atoms with Crippen molar-refractivity contribution in [3.8, 4) is 0 Å². The van der Waals surface area contributed by atoms with Crippen LogP contribution in [0.5, 0.6) is 0 Å². The van der Waals surface area contributed by atoms with Gasteiger partial charge in [0.1, 0.15) is 17.7 Å². The Morgan fingerprint density at radius 2 is 1.72 bits per heavy atom. The molecule has 2 aromatic carbocycles. The third-order valence-corrected chi connectivity index (χ3v) is 3.70. The van der Waals surface area contributed by atoms with Crippen LogP contribution in [0.2, 0.25) is 0 Å². The molecule has 0 aliphatic heterocycles. The monoisotopic (exact) mass is 347 g/mol. The Morgan fingerprint density at radius 1 is 1.04 bits per heavy atom. The van der Waals surface area contributed by atoms with E-state index in [9.17, 15) is 18.4 Å². The van der Waals surface area contributed by atoms with Gasteiger partial charge in [-0.05, 0) is 18.6 Å². The van der Waals surface area contributed by atoms with Gasteiger partial charge in [0, 0.05) is 24.7 Å². The molecule has 3 amide bonds. The molecule has 7 heteroatoms. The van der Waals surface area contributed by atoms with Crippen molar-refractivity contribution in [3.05, 3.63) is 71.3 Å². The Kier molecular flexibility index (Phi) is 6.19. The lowest BCUT2D eigenvalue weighted by Gasteiger charge is -2.23. The minimum Gasteiger partial charge on any atom is -0.341 e. The molecule has 25 heavy (non-hydrogen) atoms. The summed E-state index contributed by atoms with van der Waals surface area (Å²) >= 11 is 0. The number of nitrogens with one attached hydrogen (secondary N) is 3. The molecule has 0 fully saturated rings. The Labute approximate surface area is 144 Å². The summed E-state index contributed by atoms with van der Waals surface area (Å²) in [6.45, 7) is 1.65. The Morgan fingerprint density at radius 3 is 2.32 bits per heavy atom. The quantitative estimate of drug-likeness (QED) is 0.779. The van der Waals surface area contributed by atoms with Crippen molar-refractivity contribution in [3.63, 3.8) is 0 Å². The van der Waals surface area contributed by atoms with E-state index in [2.05, 4.69) is 16.0 Å². The number of benzene rings is 2. The number of hydrogen-bond acceptors (Lipinski definition) is 3. The zero-order chi connectivity index (χ0) is 18.4. The highest BCUT2D eigenvalue weighted by Gasteiger charge is 2.25. The van der Waals surface area contributed by atoms with Gasteiger partial charge in [-0.25, -0.2) is 13.6 Å². The molecule has 3 N–H and O–H groups in total. The molecule has 0 aliphatic rings. The standard InChI is InChI=1S/C18H19F2N3O2/c1-11(14-9-8-13(19)10-15(14)20)22-16(12-6-4-3-5-7-12)17(24)23-18(25)21-2/h3-11,16,22H,1-2H3,(H2,21,23,24,25)/t11-,16+/m0/s1. The van der Waals surface area contributed by atoms with E-state index in [-0.39, 0.29) is 5.56 Å². The number of rotatable bonds is 5. The second-order valence-electron chi connectivity index (χ2n) is 5.47. The molecule has 0 spiro atoms. The lowest BCUT2D eigenvalue weighted by molar-refractivity contribution is -0.122. The number of halogens is 2. The Bertz CT molecular complexity index is 753. The van der Waals surface area contributed by atoms with Crippen molar-refractivity contribution >= 4 is 11.9 Å². The molecular formula is C18H19F2N3O2. The number of carbonyl (C=O) groups excluding carboxylic acids is 2. The molecule has 2 rings (SSSR count). The predicted molar refractivity (Wildman–Crippen MR) is 89.7 cm³/mol. The zero-order valence-corrected chi connectivity index (χ0v) is 13.8. The highest BCUT2D eigenvalue weighted by molar-refractivity contribution is 5.97. The van der Waals surface area contributed by atoms with E-state index in [0.717, 1.165) is 12.1 Å². The fourth-order valence-electron chi connectivity index (χ4n) is 2.41. The van der Waals surface area contributed by atoms with E-state index in [1.54, 1.807) is 37.3 Å². The number of urea groups is 1. The minimum absolute atomic E-state index is 0.218. The molecule has 0 saturated carbocycles. The third-order valence-electron chi connectivity index (χ3n) is 3.70. The number of carbonyl (C=O) groups is 2. The van der Waals surface area contributed by atoms with E-state index in [0.29, 0.717) is 5.56 Å². The van der Waals surface area contributed by atoms with Crippen LogP contribution in [-0.2, 0) is 4.79 Å². The second kappa shape index (κ2) is 8.34. The van der Waals surface area contributed by atoms with Crippen molar-refractivity contribution in [2.75, 3.05) is 7.05 Å². The summed E-state index contributed by atoms with van der Waals surface area (Å²) in [5, 5.41) is 7.49. The maximum absolute atomic E-state index is 14.0. The molecule has 2 aromatic rings. The van der Waals surface area contributed by atoms with Gasteiger partial charge in [0.05, 0.1) is 0 Å². The van der Waals surface area contributed by atoms with Gasteiger partial charge >= 0.3 is 6.03 Å². The van der Waals surface area contributed by atoms with Gasteiger partial charge in [-0.15, -0.1) is 0 Å². The first-order valence-electron chi connectivity index (χ1n) is 7.71. The molecule has 0 saturated heterocycles. The molecule has 0 bridgehead atoms. The lowest BCUT2D eigenvalue weighted by atomic mass is 10.0. The topological polar surface area (TPSA) is 70.2 Å². The van der Waals surface area contributed by atoms with Crippen molar-refractivity contribution in [2.45, 2.75) is 19.0 Å². The maximum atomic E-state index is 14.0. The fourth-order valence-corrected chi connectivity index (χ4v) is 2.41. The number of imide groups is 1. The van der Waals surface area contributed by atoms with Crippen LogP contribution in [0.3, 0.4) is 0 Å². The summed E-state index contributed by atoms with van der Waals surface area (Å²) in [4.78, 5) is 23.9. The van der Waals surface area contributed by atoms with Gasteiger partial charge in [-0.3, -0.25) is 15.4 Å². The van der Waals surface area contributed by atoms with Crippen LogP contribution < -0.4 is 16.0 Å². The van der Waals surface area contributed by atoms with Crippen molar-refractivity contribution in [1.29, 1.82) is 0 Å². The van der Waals surface area contributed by atoms with Crippen LogP contribution in [0, 0.1) is 11.6 Å². The van der Waals surface area contributed by atoms with Crippen LogP contribution in [0.1, 0.15) is 30.1 Å². The molecule has 0 aliphatic carbocycles. The van der Waals surface area contributed by atoms with Crippen LogP contribution in [0.15, 0.2) is 48.5 Å². The maximum Gasteiger partial charge on any atom is 0.321 e. The normalized spacial score (nSPS) is 13.0. The summed E-state index contributed by atoms with van der Waals surface area (Å²) in [6, 6.07) is 9.85. The van der Waals surface area contributed by atoms with Crippen molar-refractivity contribution in [1.82, 2.24) is 16.0 Å². The van der Waals surface area contributed by atoms with Crippen molar-refractivity contribution < 1.29 is 18.4 Å². The largest absolute Gasteiger partial charge is 0.341 e. The molecule has 0 unspecified atom stereocenters. The fraction of sp³-hybridized carbons (Fsp3) is 0.222. The molecule has 132 valence electrons. The van der Waals surface area contributed by atoms with E-state index >= 15 is 0 Å². The van der Waals surface area contributed by atoms with Gasteiger partial charge in [0.2, 0.25) is 5.91 Å². The molecular weight excluding hydrogens is 328 g/mol. The average molecular weight is 347 g/mol. The lowest BCUT2D eigenvalue weighted by Crippen LogP contribution is -2.44. The van der Waals surface area contributed by atoms with E-state index in [4.69, 9.17) is 0 Å². The van der Waals surface area contributed by atoms with Crippen LogP contribution in [-0.4, -0.2) is 19.0 Å². The first-order chi connectivity index (χ1) is 11.9. The van der Waals surface area contributed by atoms with E-state index in [1.807, 2.05) is 0 Å². The van der Waals surface area contributed by atoms with E-state index in [1.165, 1.54) is 13.1 Å². The van der Waals surface area contributed by atoms with Gasteiger partial charge in [0.15, 0.2) is 0 Å². The Hall–Kier alpha value is -2.80. The Balaban J connectivity index is 2.26. The summed E-state index contributed by atoms with van der Waals surface area (Å²) < 4.78 is 27.1. The highest BCUT2D eigenvalue weighted by atomic mass is 19.1. The van der Waals surface area contributed by atoms with Gasteiger partial charge in [-0.1, -0.05) is 36.4 Å². The summed E-state index contributed by atoms with van der Waals surface area (Å²) in [5.74, 6) is -1.97. The van der Waals surface area contributed by atoms with Gasteiger partial charge < -0.3 is 5.32 Å². The number of hydrogen-bond donors (Lipinski definition) is 3. The van der Waals surface area contributed by atoms with Crippen LogP contribution in [0.4, 0.5) is 13.6 Å². The molecule has 0 radical (unpaired) electrons. The predicted octanol–water partition coefficient (Wildman–Crippen LogP) is 2.81. The molecule has 5 nitrogen and oxygen atoms in total. The molecule has 0 heterocycles. The highest BCUT2D eigenvalue weighted by Crippen LogP contribution is 2.22. The average Bonchev–Trinajstić information content (AvgIpc) is 2.59. The smallest absolute Gasteiger partial charge is 0.321 e. The van der Waals surface area contributed by atoms with Gasteiger partial charge in [-0.2, -0.15) is 0 Å². The SMILES string of the molecule is CNC(=O)NC(=O)[C@H](N[C@@H](C)c1ccc(F)cc1F)c1ccccc1. The molecule has 2 atom stereocenters. The second-order valence-corrected chi connectivity index (χ2v) is 5.47. The summed E-state index contributed by atoms with van der Waals surface area (Å²) in [6.07, 6.45) is 0. The number of amides is 3. The third kappa shape index (κ3) is 4.84. The van der Waals surface area contributed by atoms with Crippen molar-refractivity contribution in [2.24, 2.45) is 0 Å². The van der Waals surface area contributed by atoms with Gasteiger partial charge in [0.25, 0.3) is 0 Å².